The molecule has 19 heavy (non-hydrogen) atoms. The van der Waals surface area contributed by atoms with E-state index in [-0.39, 0.29) is 6.09 Å². The fraction of sp³-hybridized carbons (Fsp3) is 0.933. The number of nitrogens with zero attached hydrogens (tertiary/aromatic N) is 1. The van der Waals surface area contributed by atoms with Gasteiger partial charge in [0.2, 0.25) is 0 Å². The topological polar surface area (TPSA) is 41.6 Å². The highest BCUT2D eigenvalue weighted by Gasteiger charge is 2.29. The summed E-state index contributed by atoms with van der Waals surface area (Å²) in [4.78, 5) is 13.8. The molecule has 0 aliphatic carbocycles. The van der Waals surface area contributed by atoms with Crippen molar-refractivity contribution in [1.82, 2.24) is 10.2 Å². The van der Waals surface area contributed by atoms with E-state index < -0.39 is 5.60 Å². The molecule has 0 spiro atoms. The van der Waals surface area contributed by atoms with Gasteiger partial charge in [-0.15, -0.1) is 0 Å². The number of ether oxygens (including phenoxy) is 1. The van der Waals surface area contributed by atoms with E-state index in [9.17, 15) is 4.79 Å². The number of hydrogen-bond donors (Lipinski definition) is 1. The Balaban J connectivity index is 2.38. The first-order chi connectivity index (χ1) is 8.69. The molecule has 0 aromatic heterocycles. The number of rotatable bonds is 3. The number of amides is 1. The van der Waals surface area contributed by atoms with E-state index in [4.69, 9.17) is 4.74 Å². The Morgan fingerprint density at radius 2 is 1.74 bits per heavy atom. The summed E-state index contributed by atoms with van der Waals surface area (Å²) >= 11 is 0. The number of carbonyl (C=O) groups is 1. The van der Waals surface area contributed by atoms with Gasteiger partial charge >= 0.3 is 6.09 Å². The molecule has 112 valence electrons. The molecule has 1 amide bonds. The van der Waals surface area contributed by atoms with Crippen LogP contribution in [0.5, 0.6) is 0 Å². The zero-order chi connectivity index (χ0) is 14.6. The molecule has 1 heterocycles. The Kier molecular flexibility index (Phi) is 5.65. The van der Waals surface area contributed by atoms with Gasteiger partial charge in [0.05, 0.1) is 0 Å². The van der Waals surface area contributed by atoms with E-state index in [0.29, 0.717) is 18.0 Å². The van der Waals surface area contributed by atoms with Gasteiger partial charge in [0.25, 0.3) is 0 Å². The van der Waals surface area contributed by atoms with Gasteiger partial charge in [-0.2, -0.15) is 0 Å². The van der Waals surface area contributed by atoms with Crippen LogP contribution in [0.25, 0.3) is 0 Å². The lowest BCUT2D eigenvalue weighted by Crippen LogP contribution is -2.46. The second-order valence-corrected chi connectivity index (χ2v) is 6.91. The Labute approximate surface area is 117 Å². The lowest BCUT2D eigenvalue weighted by atomic mass is 9.90. The smallest absolute Gasteiger partial charge is 0.410 e. The van der Waals surface area contributed by atoms with Crippen LogP contribution in [0.4, 0.5) is 4.79 Å². The number of hydrogen-bond acceptors (Lipinski definition) is 3. The third kappa shape index (κ3) is 5.81. The van der Waals surface area contributed by atoms with Crippen molar-refractivity contribution in [2.75, 3.05) is 13.1 Å². The minimum Gasteiger partial charge on any atom is -0.444 e. The Morgan fingerprint density at radius 1 is 1.21 bits per heavy atom. The van der Waals surface area contributed by atoms with Gasteiger partial charge in [0.15, 0.2) is 0 Å². The van der Waals surface area contributed by atoms with E-state index in [1.54, 1.807) is 0 Å². The van der Waals surface area contributed by atoms with Crippen molar-refractivity contribution in [1.29, 1.82) is 0 Å². The van der Waals surface area contributed by atoms with Crippen LogP contribution in [-0.4, -0.2) is 41.8 Å². The van der Waals surface area contributed by atoms with Gasteiger partial charge < -0.3 is 15.0 Å². The summed E-state index contributed by atoms with van der Waals surface area (Å²) in [5.74, 6) is 0.654. The summed E-state index contributed by atoms with van der Waals surface area (Å²) in [6, 6.07) is 1.03. The minimum atomic E-state index is -0.402. The van der Waals surface area contributed by atoms with Gasteiger partial charge in [-0.3, -0.25) is 0 Å². The van der Waals surface area contributed by atoms with Crippen LogP contribution in [0.2, 0.25) is 0 Å². The molecule has 1 aliphatic heterocycles. The van der Waals surface area contributed by atoms with Gasteiger partial charge in [-0.05, 0) is 46.5 Å². The number of likely N-dealkylation sites (tertiary alicyclic amines) is 1. The normalized spacial score (nSPS) is 19.6. The Morgan fingerprint density at radius 3 is 2.16 bits per heavy atom. The second kappa shape index (κ2) is 6.60. The van der Waals surface area contributed by atoms with Crippen molar-refractivity contribution in [2.45, 2.75) is 72.1 Å². The van der Waals surface area contributed by atoms with Crippen molar-refractivity contribution in [3.63, 3.8) is 0 Å². The molecule has 1 unspecified atom stereocenters. The predicted octanol–water partition coefficient (Wildman–Crippen LogP) is 3.02. The lowest BCUT2D eigenvalue weighted by molar-refractivity contribution is 0.0170. The van der Waals surface area contributed by atoms with Gasteiger partial charge in [-0.1, -0.05) is 13.8 Å². The molecule has 0 aromatic rings. The minimum absolute atomic E-state index is 0.171. The second-order valence-electron chi connectivity index (χ2n) is 6.91. The van der Waals surface area contributed by atoms with Gasteiger partial charge in [-0.25, -0.2) is 4.79 Å². The van der Waals surface area contributed by atoms with Crippen LogP contribution in [-0.2, 0) is 4.74 Å². The van der Waals surface area contributed by atoms with Crippen molar-refractivity contribution in [3.05, 3.63) is 0 Å². The first-order valence-electron chi connectivity index (χ1n) is 7.43. The molecule has 0 radical (unpaired) electrons. The molecule has 1 aliphatic rings. The Bertz CT molecular complexity index is 289. The molecule has 4 nitrogen and oxygen atoms in total. The summed E-state index contributed by atoms with van der Waals surface area (Å²) in [7, 11) is 0. The lowest BCUT2D eigenvalue weighted by Gasteiger charge is -2.36. The molecule has 0 saturated carbocycles. The fourth-order valence-corrected chi connectivity index (χ4v) is 2.57. The highest BCUT2D eigenvalue weighted by atomic mass is 16.6. The van der Waals surface area contributed by atoms with Crippen molar-refractivity contribution >= 4 is 6.09 Å². The summed E-state index contributed by atoms with van der Waals surface area (Å²) in [5.41, 5.74) is -0.402. The zero-order valence-corrected chi connectivity index (χ0v) is 13.3. The highest BCUT2D eigenvalue weighted by molar-refractivity contribution is 5.68. The van der Waals surface area contributed by atoms with E-state index in [0.717, 1.165) is 25.9 Å². The van der Waals surface area contributed by atoms with Crippen LogP contribution in [0, 0.1) is 5.92 Å². The summed E-state index contributed by atoms with van der Waals surface area (Å²) < 4.78 is 5.41. The number of piperidine rings is 1. The molecule has 1 atom stereocenters. The maximum absolute atomic E-state index is 12.0. The van der Waals surface area contributed by atoms with E-state index >= 15 is 0 Å². The van der Waals surface area contributed by atoms with Crippen molar-refractivity contribution in [2.24, 2.45) is 5.92 Å². The maximum atomic E-state index is 12.0. The van der Waals surface area contributed by atoms with Crippen LogP contribution < -0.4 is 5.32 Å². The first kappa shape index (κ1) is 16.3. The monoisotopic (exact) mass is 270 g/mol. The molecular formula is C15H30N2O2. The maximum Gasteiger partial charge on any atom is 0.410 e. The molecule has 1 rings (SSSR count). The molecule has 0 bridgehead atoms. The molecule has 4 heteroatoms. The van der Waals surface area contributed by atoms with E-state index in [1.807, 2.05) is 25.7 Å². The largest absolute Gasteiger partial charge is 0.444 e. The molecule has 1 saturated heterocycles. The standard InChI is InChI=1S/C15H30N2O2/c1-11(2)16-12(3)13-7-9-17(10-8-13)14(18)19-15(4,5)6/h11-13,16H,7-10H2,1-6H3. The number of carbonyl (C=O) groups excluding carboxylic acids is 1. The average Bonchev–Trinajstić information content (AvgIpc) is 2.26. The predicted molar refractivity (Wildman–Crippen MR) is 78.3 cm³/mol. The molecule has 1 fully saturated rings. The number of nitrogens with one attached hydrogen (secondary N) is 1. The first-order valence-corrected chi connectivity index (χ1v) is 7.43. The van der Waals surface area contributed by atoms with E-state index in [1.165, 1.54) is 0 Å². The summed E-state index contributed by atoms with van der Waals surface area (Å²) in [6.45, 7) is 13.9. The Hall–Kier alpha value is -0.770. The summed E-state index contributed by atoms with van der Waals surface area (Å²) in [5, 5.41) is 3.56. The van der Waals surface area contributed by atoms with Crippen LogP contribution in [0.15, 0.2) is 0 Å². The third-order valence-corrected chi connectivity index (χ3v) is 3.49. The fourth-order valence-electron chi connectivity index (χ4n) is 2.57. The van der Waals surface area contributed by atoms with Crippen LogP contribution in [0.1, 0.15) is 54.4 Å². The van der Waals surface area contributed by atoms with Crippen LogP contribution in [0.3, 0.4) is 0 Å². The third-order valence-electron chi connectivity index (χ3n) is 3.49. The highest BCUT2D eigenvalue weighted by Crippen LogP contribution is 2.22. The van der Waals surface area contributed by atoms with Gasteiger partial charge in [0, 0.05) is 25.2 Å². The van der Waals surface area contributed by atoms with Gasteiger partial charge in [0.1, 0.15) is 5.60 Å². The molecular weight excluding hydrogens is 240 g/mol. The summed E-state index contributed by atoms with van der Waals surface area (Å²) in [6.07, 6.45) is 1.94. The molecule has 1 N–H and O–H groups in total. The quantitative estimate of drug-likeness (QED) is 0.857. The zero-order valence-electron chi connectivity index (χ0n) is 13.3. The van der Waals surface area contributed by atoms with Crippen molar-refractivity contribution < 1.29 is 9.53 Å². The van der Waals surface area contributed by atoms with Crippen molar-refractivity contribution in [3.8, 4) is 0 Å². The van der Waals surface area contributed by atoms with E-state index in [2.05, 4.69) is 26.1 Å². The molecule has 0 aromatic carbocycles. The SMILES string of the molecule is CC(C)NC(C)C1CCN(C(=O)OC(C)(C)C)CC1. The van der Waals surface area contributed by atoms with Crippen LogP contribution >= 0.6 is 0 Å². The average molecular weight is 270 g/mol.